The molecule has 2 amide bonds. The third kappa shape index (κ3) is 4.94. The predicted molar refractivity (Wildman–Crippen MR) is 113 cm³/mol. The minimum Gasteiger partial charge on any atom is -0.497 e. The van der Waals surface area contributed by atoms with Gasteiger partial charge in [-0.15, -0.1) is 0 Å². The molecule has 1 aliphatic rings. The van der Waals surface area contributed by atoms with E-state index in [-0.39, 0.29) is 19.4 Å². The van der Waals surface area contributed by atoms with Gasteiger partial charge >= 0.3 is 6.09 Å². The van der Waals surface area contributed by atoms with Crippen molar-refractivity contribution in [2.75, 3.05) is 13.7 Å². The van der Waals surface area contributed by atoms with Gasteiger partial charge in [-0.25, -0.2) is 9.69 Å². The number of carbonyl (C=O) groups excluding carboxylic acids is 3. The summed E-state index contributed by atoms with van der Waals surface area (Å²) in [5.41, 5.74) is 1.50. The van der Waals surface area contributed by atoms with Gasteiger partial charge in [-0.3, -0.25) is 4.79 Å². The van der Waals surface area contributed by atoms with Crippen LogP contribution in [0.1, 0.15) is 17.5 Å². The first-order valence-corrected chi connectivity index (χ1v) is 10.2. The standard InChI is InChI=1S/C22H21Cl2NO5/c1-29-17-11-19(23)18(20(24)12-17)10-15(7-8-26)21(27)25-16(13-30-22(25)28)9-14-5-3-2-4-6-14/h2-6,8,11-12,15-16H,7,9-10,13H2,1H3. The summed E-state index contributed by atoms with van der Waals surface area (Å²) in [5, 5.41) is 0.653. The predicted octanol–water partition coefficient (Wildman–Crippen LogP) is 4.34. The number of halogens is 2. The third-order valence-electron chi connectivity index (χ3n) is 5.04. The number of cyclic esters (lactones) is 1. The molecule has 2 unspecified atom stereocenters. The maximum absolute atomic E-state index is 13.3. The highest BCUT2D eigenvalue weighted by Crippen LogP contribution is 2.33. The Kier molecular flexibility index (Phi) is 7.34. The van der Waals surface area contributed by atoms with E-state index in [0.717, 1.165) is 10.5 Å². The van der Waals surface area contributed by atoms with Crippen LogP contribution in [0.5, 0.6) is 5.75 Å². The number of carbonyl (C=O) groups is 3. The molecule has 1 aliphatic heterocycles. The molecule has 2 atom stereocenters. The van der Waals surface area contributed by atoms with E-state index >= 15 is 0 Å². The highest BCUT2D eigenvalue weighted by Gasteiger charge is 2.41. The average molecular weight is 450 g/mol. The molecule has 0 bridgehead atoms. The first-order chi connectivity index (χ1) is 14.4. The van der Waals surface area contributed by atoms with Crippen molar-refractivity contribution in [3.05, 3.63) is 63.6 Å². The second kappa shape index (κ2) is 9.96. The highest BCUT2D eigenvalue weighted by atomic mass is 35.5. The maximum atomic E-state index is 13.3. The molecule has 6 nitrogen and oxygen atoms in total. The van der Waals surface area contributed by atoms with Crippen LogP contribution in [0.2, 0.25) is 10.0 Å². The largest absolute Gasteiger partial charge is 0.497 e. The van der Waals surface area contributed by atoms with Crippen molar-refractivity contribution >= 4 is 41.5 Å². The fourth-order valence-electron chi connectivity index (χ4n) is 3.49. The van der Waals surface area contributed by atoms with Crippen molar-refractivity contribution in [3.8, 4) is 5.75 Å². The fraction of sp³-hybridized carbons (Fsp3) is 0.318. The molecule has 0 N–H and O–H groups in total. The minimum absolute atomic E-state index is 0.0701. The average Bonchev–Trinajstić information content (AvgIpc) is 3.09. The van der Waals surface area contributed by atoms with Gasteiger partial charge < -0.3 is 14.3 Å². The molecule has 0 aromatic heterocycles. The zero-order chi connectivity index (χ0) is 21.7. The number of rotatable bonds is 8. The van der Waals surface area contributed by atoms with Gasteiger partial charge in [0.2, 0.25) is 5.91 Å². The van der Waals surface area contributed by atoms with Gasteiger partial charge in [-0.05, 0) is 36.1 Å². The van der Waals surface area contributed by atoms with E-state index in [1.165, 1.54) is 7.11 Å². The van der Waals surface area contributed by atoms with Gasteiger partial charge in [0.15, 0.2) is 0 Å². The lowest BCUT2D eigenvalue weighted by Crippen LogP contribution is -2.44. The van der Waals surface area contributed by atoms with Gasteiger partial charge in [-0.1, -0.05) is 53.5 Å². The van der Waals surface area contributed by atoms with E-state index in [4.69, 9.17) is 32.7 Å². The van der Waals surface area contributed by atoms with E-state index in [1.807, 2.05) is 30.3 Å². The summed E-state index contributed by atoms with van der Waals surface area (Å²) >= 11 is 12.6. The molecule has 8 heteroatoms. The molecule has 30 heavy (non-hydrogen) atoms. The number of aldehydes is 1. The number of hydrogen-bond acceptors (Lipinski definition) is 5. The van der Waals surface area contributed by atoms with Gasteiger partial charge in [0.05, 0.1) is 13.2 Å². The number of hydrogen-bond donors (Lipinski definition) is 0. The minimum atomic E-state index is -0.796. The summed E-state index contributed by atoms with van der Waals surface area (Å²) < 4.78 is 10.3. The van der Waals surface area contributed by atoms with Crippen molar-refractivity contribution in [1.29, 1.82) is 0 Å². The lowest BCUT2D eigenvalue weighted by atomic mass is 9.94. The molecule has 3 rings (SSSR count). The molecule has 0 radical (unpaired) electrons. The Labute approximate surface area is 184 Å². The summed E-state index contributed by atoms with van der Waals surface area (Å²) in [6.45, 7) is 0.108. The number of methoxy groups -OCH3 is 1. The van der Waals surface area contributed by atoms with Crippen LogP contribution in [0.15, 0.2) is 42.5 Å². The van der Waals surface area contributed by atoms with Gasteiger partial charge in [0, 0.05) is 22.4 Å². The van der Waals surface area contributed by atoms with Crippen LogP contribution in [0.25, 0.3) is 0 Å². The SMILES string of the molecule is COc1cc(Cl)c(CC(CC=O)C(=O)N2C(=O)OCC2Cc2ccccc2)c(Cl)c1. The van der Waals surface area contributed by atoms with Crippen molar-refractivity contribution in [2.24, 2.45) is 5.92 Å². The van der Waals surface area contributed by atoms with E-state index < -0.39 is 24.0 Å². The van der Waals surface area contributed by atoms with Crippen LogP contribution in [0, 0.1) is 5.92 Å². The second-order valence-corrected chi connectivity index (χ2v) is 7.82. The van der Waals surface area contributed by atoms with E-state index in [1.54, 1.807) is 12.1 Å². The molecule has 1 heterocycles. The molecule has 2 aromatic carbocycles. The number of nitrogens with zero attached hydrogens (tertiary/aromatic N) is 1. The van der Waals surface area contributed by atoms with Gasteiger partial charge in [-0.2, -0.15) is 0 Å². The van der Waals surface area contributed by atoms with E-state index in [0.29, 0.717) is 34.1 Å². The van der Waals surface area contributed by atoms with Crippen LogP contribution < -0.4 is 4.74 Å². The topological polar surface area (TPSA) is 72.9 Å². The quantitative estimate of drug-likeness (QED) is 0.560. The summed E-state index contributed by atoms with van der Waals surface area (Å²) in [6.07, 6.45) is 0.460. The highest BCUT2D eigenvalue weighted by molar-refractivity contribution is 6.36. The monoisotopic (exact) mass is 449 g/mol. The number of amides is 2. The molecule has 0 saturated carbocycles. The first kappa shape index (κ1) is 22.1. The Bertz CT molecular complexity index is 911. The molecule has 158 valence electrons. The third-order valence-corrected chi connectivity index (χ3v) is 5.72. The normalized spacial score (nSPS) is 16.8. The molecule has 1 saturated heterocycles. The summed E-state index contributed by atoms with van der Waals surface area (Å²) in [5.74, 6) is -0.790. The number of ether oxygens (including phenoxy) is 2. The van der Waals surface area contributed by atoms with Gasteiger partial charge in [0.25, 0.3) is 0 Å². The van der Waals surface area contributed by atoms with Crippen molar-refractivity contribution in [2.45, 2.75) is 25.3 Å². The van der Waals surface area contributed by atoms with Crippen LogP contribution >= 0.6 is 23.2 Å². The van der Waals surface area contributed by atoms with Gasteiger partial charge in [0.1, 0.15) is 18.6 Å². The molecule has 0 aliphatic carbocycles. The van der Waals surface area contributed by atoms with Crippen LogP contribution in [-0.4, -0.2) is 42.9 Å². The Hall–Kier alpha value is -2.57. The number of imide groups is 1. The second-order valence-electron chi connectivity index (χ2n) is 7.00. The first-order valence-electron chi connectivity index (χ1n) is 9.43. The molecule has 0 spiro atoms. The summed E-state index contributed by atoms with van der Waals surface area (Å²) in [4.78, 5) is 38.0. The molecule has 1 fully saturated rings. The van der Waals surface area contributed by atoms with Crippen molar-refractivity contribution in [3.63, 3.8) is 0 Å². The Balaban J connectivity index is 1.83. The molecular formula is C22H21Cl2NO5. The van der Waals surface area contributed by atoms with Crippen molar-refractivity contribution in [1.82, 2.24) is 4.90 Å². The summed E-state index contributed by atoms with van der Waals surface area (Å²) in [6, 6.07) is 12.3. The molecular weight excluding hydrogens is 429 g/mol. The zero-order valence-corrected chi connectivity index (χ0v) is 17.9. The van der Waals surface area contributed by atoms with Crippen LogP contribution in [-0.2, 0) is 27.2 Å². The lowest BCUT2D eigenvalue weighted by Gasteiger charge is -2.24. The number of benzene rings is 2. The Morgan fingerprint density at radius 2 is 1.93 bits per heavy atom. The zero-order valence-electron chi connectivity index (χ0n) is 16.3. The van der Waals surface area contributed by atoms with Crippen molar-refractivity contribution < 1.29 is 23.9 Å². The molecule has 2 aromatic rings. The van der Waals surface area contributed by atoms with Crippen LogP contribution in [0.4, 0.5) is 4.79 Å². The fourth-order valence-corrected chi connectivity index (χ4v) is 4.11. The summed E-state index contributed by atoms with van der Waals surface area (Å²) in [7, 11) is 1.49. The Morgan fingerprint density at radius 1 is 1.27 bits per heavy atom. The maximum Gasteiger partial charge on any atom is 0.416 e. The smallest absolute Gasteiger partial charge is 0.416 e. The Morgan fingerprint density at radius 3 is 2.53 bits per heavy atom. The van der Waals surface area contributed by atoms with E-state index in [2.05, 4.69) is 0 Å². The van der Waals surface area contributed by atoms with E-state index in [9.17, 15) is 14.4 Å². The lowest BCUT2D eigenvalue weighted by molar-refractivity contribution is -0.134. The van der Waals surface area contributed by atoms with Crippen LogP contribution in [0.3, 0.4) is 0 Å².